The van der Waals surface area contributed by atoms with E-state index in [1.807, 2.05) is 11.7 Å². The third-order valence-corrected chi connectivity index (χ3v) is 2.54. The highest BCUT2D eigenvalue weighted by atomic mass is 32.1. The number of aliphatic hydroxyl groups excluding tert-OH is 1. The Hall–Kier alpha value is -0.450. The number of aromatic nitrogens is 1. The first kappa shape index (κ1) is 9.64. The fourth-order valence-corrected chi connectivity index (χ4v) is 1.46. The number of hydrogen-bond acceptors (Lipinski definition) is 4. The van der Waals surface area contributed by atoms with Crippen molar-refractivity contribution in [2.75, 3.05) is 6.61 Å². The topological polar surface area (TPSA) is 45.1 Å². The number of nitrogens with one attached hydrogen (secondary N) is 1. The summed E-state index contributed by atoms with van der Waals surface area (Å²) in [6, 6.07) is 0.215. The molecule has 0 saturated carbocycles. The Morgan fingerprint density at radius 3 is 3.08 bits per heavy atom. The van der Waals surface area contributed by atoms with Crippen LogP contribution in [0.5, 0.6) is 0 Å². The molecule has 0 aliphatic heterocycles. The van der Waals surface area contributed by atoms with E-state index in [2.05, 4.69) is 17.2 Å². The average molecular weight is 186 g/mol. The first-order valence-electron chi connectivity index (χ1n) is 4.08. The Bertz CT molecular complexity index is 197. The molecule has 1 rings (SSSR count). The van der Waals surface area contributed by atoms with E-state index in [9.17, 15) is 0 Å². The molecular weight excluding hydrogens is 172 g/mol. The first-order valence-corrected chi connectivity index (χ1v) is 4.96. The van der Waals surface area contributed by atoms with Crippen molar-refractivity contribution >= 4 is 11.3 Å². The number of hydrogen-bond donors (Lipinski definition) is 2. The predicted molar refractivity (Wildman–Crippen MR) is 50.1 cm³/mol. The van der Waals surface area contributed by atoms with Crippen molar-refractivity contribution in [2.45, 2.75) is 25.9 Å². The Morgan fingerprint density at radius 2 is 2.58 bits per heavy atom. The third kappa shape index (κ3) is 2.89. The summed E-state index contributed by atoms with van der Waals surface area (Å²) in [6.45, 7) is 3.07. The van der Waals surface area contributed by atoms with Crippen molar-refractivity contribution in [1.29, 1.82) is 0 Å². The van der Waals surface area contributed by atoms with Crippen LogP contribution in [-0.2, 0) is 6.54 Å². The highest BCUT2D eigenvalue weighted by Crippen LogP contribution is 2.05. The minimum atomic E-state index is 0.204. The molecule has 2 N–H and O–H groups in total. The molecule has 3 nitrogen and oxygen atoms in total. The van der Waals surface area contributed by atoms with Gasteiger partial charge in [0.1, 0.15) is 0 Å². The molecule has 0 aliphatic rings. The first-order chi connectivity index (χ1) is 5.86. The molecule has 0 aliphatic carbocycles. The van der Waals surface area contributed by atoms with E-state index in [0.29, 0.717) is 0 Å². The quantitative estimate of drug-likeness (QED) is 0.721. The van der Waals surface area contributed by atoms with Crippen molar-refractivity contribution in [2.24, 2.45) is 0 Å². The summed E-state index contributed by atoms with van der Waals surface area (Å²) in [5.41, 5.74) is 1.82. The van der Waals surface area contributed by atoms with Crippen LogP contribution in [0.1, 0.15) is 18.2 Å². The molecule has 0 amide bonds. The molecule has 1 aromatic rings. The van der Waals surface area contributed by atoms with Gasteiger partial charge in [0.15, 0.2) is 0 Å². The maximum Gasteiger partial charge on any atom is 0.0794 e. The van der Waals surface area contributed by atoms with Gasteiger partial charge >= 0.3 is 0 Å². The molecule has 0 spiro atoms. The molecule has 1 heterocycles. The van der Waals surface area contributed by atoms with Crippen LogP contribution in [0.3, 0.4) is 0 Å². The van der Waals surface area contributed by atoms with Gasteiger partial charge in [0.05, 0.1) is 12.1 Å². The van der Waals surface area contributed by atoms with Gasteiger partial charge in [-0.25, -0.2) is 0 Å². The van der Waals surface area contributed by atoms with Crippen LogP contribution < -0.4 is 5.32 Å². The summed E-state index contributed by atoms with van der Waals surface area (Å²) in [6.07, 6.45) is 2.80. The lowest BCUT2D eigenvalue weighted by molar-refractivity contribution is 0.238. The minimum Gasteiger partial charge on any atom is -0.395 e. The molecule has 0 saturated heterocycles. The predicted octanol–water partition coefficient (Wildman–Crippen LogP) is 1.00. The molecule has 0 fully saturated rings. The second-order valence-corrected chi connectivity index (χ2v) is 3.61. The number of rotatable bonds is 5. The van der Waals surface area contributed by atoms with Gasteiger partial charge in [0.25, 0.3) is 0 Å². The zero-order valence-corrected chi connectivity index (χ0v) is 7.97. The molecule has 0 aromatic carbocycles. The minimum absolute atomic E-state index is 0.204. The fraction of sp³-hybridized carbons (Fsp3) is 0.625. The lowest BCUT2D eigenvalue weighted by Gasteiger charge is -2.12. The highest BCUT2D eigenvalue weighted by molar-refractivity contribution is 7.09. The van der Waals surface area contributed by atoms with E-state index >= 15 is 0 Å². The zero-order valence-electron chi connectivity index (χ0n) is 7.16. The third-order valence-electron chi connectivity index (χ3n) is 1.76. The number of aliphatic hydroxyl groups is 1. The van der Waals surface area contributed by atoms with Crippen LogP contribution in [0, 0.1) is 0 Å². The SMILES string of the molecule is CCC(CO)NCc1cncs1. The molecule has 0 radical (unpaired) electrons. The van der Waals surface area contributed by atoms with Crippen LogP contribution in [0.15, 0.2) is 11.7 Å². The summed E-state index contributed by atoms with van der Waals surface area (Å²) in [5, 5.41) is 12.1. The monoisotopic (exact) mass is 186 g/mol. The van der Waals surface area contributed by atoms with E-state index in [0.717, 1.165) is 13.0 Å². The molecule has 12 heavy (non-hydrogen) atoms. The van der Waals surface area contributed by atoms with E-state index in [-0.39, 0.29) is 12.6 Å². The van der Waals surface area contributed by atoms with Gasteiger partial charge < -0.3 is 10.4 Å². The van der Waals surface area contributed by atoms with E-state index in [1.165, 1.54) is 4.88 Å². The smallest absolute Gasteiger partial charge is 0.0794 e. The summed E-state index contributed by atoms with van der Waals surface area (Å²) in [7, 11) is 0. The number of nitrogens with zero attached hydrogens (tertiary/aromatic N) is 1. The van der Waals surface area contributed by atoms with Crippen molar-refractivity contribution in [3.63, 3.8) is 0 Å². The molecule has 4 heteroatoms. The molecule has 1 atom stereocenters. The van der Waals surface area contributed by atoms with Crippen LogP contribution in [0.2, 0.25) is 0 Å². The van der Waals surface area contributed by atoms with Crippen LogP contribution in [0.4, 0.5) is 0 Å². The standard InChI is InChI=1S/C8H14N2OS/c1-2-7(5-11)10-4-8-3-9-6-12-8/h3,6-7,10-11H,2,4-5H2,1H3. The molecule has 0 bridgehead atoms. The van der Waals surface area contributed by atoms with Crippen LogP contribution in [0.25, 0.3) is 0 Å². The van der Waals surface area contributed by atoms with Crippen LogP contribution in [-0.4, -0.2) is 22.7 Å². The van der Waals surface area contributed by atoms with Crippen molar-refractivity contribution in [1.82, 2.24) is 10.3 Å². The normalized spacial score (nSPS) is 13.2. The highest BCUT2D eigenvalue weighted by Gasteiger charge is 2.03. The average Bonchev–Trinajstić information content (AvgIpc) is 2.59. The molecule has 1 unspecified atom stereocenters. The maximum absolute atomic E-state index is 8.88. The van der Waals surface area contributed by atoms with Crippen molar-refractivity contribution < 1.29 is 5.11 Å². The van der Waals surface area contributed by atoms with E-state index in [1.54, 1.807) is 11.3 Å². The summed E-state index contributed by atoms with van der Waals surface area (Å²) >= 11 is 1.63. The van der Waals surface area contributed by atoms with Gasteiger partial charge in [-0.15, -0.1) is 11.3 Å². The summed E-state index contributed by atoms with van der Waals surface area (Å²) in [4.78, 5) is 5.18. The zero-order chi connectivity index (χ0) is 8.81. The van der Waals surface area contributed by atoms with E-state index < -0.39 is 0 Å². The Labute approximate surface area is 76.5 Å². The lowest BCUT2D eigenvalue weighted by atomic mass is 10.2. The van der Waals surface area contributed by atoms with E-state index in [4.69, 9.17) is 5.11 Å². The molecule has 1 aromatic heterocycles. The lowest BCUT2D eigenvalue weighted by Crippen LogP contribution is -2.30. The summed E-state index contributed by atoms with van der Waals surface area (Å²) < 4.78 is 0. The van der Waals surface area contributed by atoms with Gasteiger partial charge in [-0.3, -0.25) is 4.98 Å². The second-order valence-electron chi connectivity index (χ2n) is 2.64. The fourth-order valence-electron chi connectivity index (χ4n) is 0.912. The van der Waals surface area contributed by atoms with Crippen LogP contribution >= 0.6 is 11.3 Å². The number of thiazole rings is 1. The van der Waals surface area contributed by atoms with Gasteiger partial charge in [-0.05, 0) is 6.42 Å². The van der Waals surface area contributed by atoms with Gasteiger partial charge in [0, 0.05) is 23.7 Å². The van der Waals surface area contributed by atoms with Crippen molar-refractivity contribution in [3.8, 4) is 0 Å². The maximum atomic E-state index is 8.88. The second kappa shape index (κ2) is 5.24. The van der Waals surface area contributed by atoms with Gasteiger partial charge in [0.2, 0.25) is 0 Å². The van der Waals surface area contributed by atoms with Gasteiger partial charge in [-0.1, -0.05) is 6.92 Å². The van der Waals surface area contributed by atoms with Crippen molar-refractivity contribution in [3.05, 3.63) is 16.6 Å². The molecule has 68 valence electrons. The Balaban J connectivity index is 2.25. The Morgan fingerprint density at radius 1 is 1.75 bits per heavy atom. The van der Waals surface area contributed by atoms with Gasteiger partial charge in [-0.2, -0.15) is 0 Å². The summed E-state index contributed by atoms with van der Waals surface area (Å²) in [5.74, 6) is 0. The molecular formula is C8H14N2OS. The Kier molecular flexibility index (Phi) is 4.21. The largest absolute Gasteiger partial charge is 0.395 e.